The largest absolute Gasteiger partial charge is 0.323 e. The molecule has 0 spiro atoms. The van der Waals surface area contributed by atoms with E-state index in [1.54, 1.807) is 6.07 Å². The molecule has 1 fully saturated rings. The third kappa shape index (κ3) is 3.98. The lowest BCUT2D eigenvalue weighted by atomic mass is 10.1. The summed E-state index contributed by atoms with van der Waals surface area (Å²) in [6.07, 6.45) is 0. The lowest BCUT2D eigenvalue weighted by Crippen LogP contribution is -2.46. The van der Waals surface area contributed by atoms with Crippen LogP contribution in [0, 0.1) is 13.8 Å². The van der Waals surface area contributed by atoms with E-state index in [-0.39, 0.29) is 18.4 Å². The number of nitrogens with zero attached hydrogens (tertiary/aromatic N) is 1. The Labute approximate surface area is 127 Å². The highest BCUT2D eigenvalue weighted by molar-refractivity contribution is 8.00. The molecular weight excluding hydrogens is 290 g/mol. The van der Waals surface area contributed by atoms with Gasteiger partial charge in [0.15, 0.2) is 0 Å². The van der Waals surface area contributed by atoms with Gasteiger partial charge in [-0.15, -0.1) is 11.8 Å². The maximum atomic E-state index is 12.0. The normalized spacial score (nSPS) is 14.2. The van der Waals surface area contributed by atoms with E-state index in [1.165, 1.54) is 16.7 Å². The van der Waals surface area contributed by atoms with Gasteiger partial charge in [0, 0.05) is 5.56 Å². The van der Waals surface area contributed by atoms with Crippen molar-refractivity contribution in [2.24, 2.45) is 0 Å². The summed E-state index contributed by atoms with van der Waals surface area (Å²) in [5.41, 5.74) is 7.11. The summed E-state index contributed by atoms with van der Waals surface area (Å²) in [5.74, 6) is 0.0715. The van der Waals surface area contributed by atoms with Crippen LogP contribution in [-0.4, -0.2) is 40.8 Å². The molecule has 112 valence electrons. The smallest absolute Gasteiger partial charge is 0.269 e. The highest BCUT2D eigenvalue weighted by atomic mass is 32.2. The van der Waals surface area contributed by atoms with Gasteiger partial charge in [-0.05, 0) is 25.5 Å². The number of amides is 3. The van der Waals surface area contributed by atoms with E-state index in [9.17, 15) is 14.4 Å². The molecule has 2 rings (SSSR count). The fourth-order valence-corrected chi connectivity index (χ4v) is 2.92. The molecule has 0 aliphatic carbocycles. The van der Waals surface area contributed by atoms with Gasteiger partial charge in [-0.3, -0.25) is 25.2 Å². The van der Waals surface area contributed by atoms with E-state index < -0.39 is 5.91 Å². The number of carbonyl (C=O) groups is 3. The van der Waals surface area contributed by atoms with Crippen LogP contribution in [0.25, 0.3) is 0 Å². The zero-order valence-electron chi connectivity index (χ0n) is 11.9. The van der Waals surface area contributed by atoms with Gasteiger partial charge < -0.3 is 4.90 Å². The molecule has 0 aromatic heterocycles. The molecule has 3 amide bonds. The summed E-state index contributed by atoms with van der Waals surface area (Å²) in [4.78, 5) is 36.5. The topological polar surface area (TPSA) is 78.5 Å². The summed E-state index contributed by atoms with van der Waals surface area (Å²) in [7, 11) is 0. The number of hydrogen-bond acceptors (Lipinski definition) is 4. The molecular formula is C14H17N3O3S. The SMILES string of the molecule is Cc1ccc(C(=O)NNC(=O)CN2CSCC2=O)c(C)c1. The van der Waals surface area contributed by atoms with Gasteiger partial charge in [-0.25, -0.2) is 0 Å². The first kappa shape index (κ1) is 15.4. The second-order valence-corrected chi connectivity index (χ2v) is 5.85. The first-order valence-electron chi connectivity index (χ1n) is 6.49. The van der Waals surface area contributed by atoms with Crippen molar-refractivity contribution in [1.29, 1.82) is 0 Å². The van der Waals surface area contributed by atoms with E-state index in [0.717, 1.165) is 11.1 Å². The second-order valence-electron chi connectivity index (χ2n) is 4.89. The van der Waals surface area contributed by atoms with Crippen molar-refractivity contribution in [2.45, 2.75) is 13.8 Å². The monoisotopic (exact) mass is 307 g/mol. The lowest BCUT2D eigenvalue weighted by Gasteiger charge is -2.15. The van der Waals surface area contributed by atoms with Crippen molar-refractivity contribution in [3.8, 4) is 0 Å². The first-order valence-corrected chi connectivity index (χ1v) is 7.65. The number of hydrazine groups is 1. The molecule has 1 aromatic carbocycles. The second kappa shape index (κ2) is 6.62. The molecule has 21 heavy (non-hydrogen) atoms. The summed E-state index contributed by atoms with van der Waals surface area (Å²) in [6.45, 7) is 3.74. The van der Waals surface area contributed by atoms with Gasteiger partial charge in [-0.2, -0.15) is 0 Å². The van der Waals surface area contributed by atoms with Crippen LogP contribution in [0.15, 0.2) is 18.2 Å². The average molecular weight is 307 g/mol. The van der Waals surface area contributed by atoms with Crippen LogP contribution >= 0.6 is 11.8 Å². The highest BCUT2D eigenvalue weighted by Crippen LogP contribution is 2.14. The predicted octanol–water partition coefficient (Wildman–Crippen LogP) is 0.597. The molecule has 1 saturated heterocycles. The molecule has 6 nitrogen and oxygen atoms in total. The van der Waals surface area contributed by atoms with E-state index in [1.807, 2.05) is 26.0 Å². The average Bonchev–Trinajstić information content (AvgIpc) is 2.81. The van der Waals surface area contributed by atoms with Gasteiger partial charge in [-0.1, -0.05) is 17.7 Å². The molecule has 0 saturated carbocycles. The van der Waals surface area contributed by atoms with E-state index >= 15 is 0 Å². The Bertz CT molecular complexity index is 589. The molecule has 1 aromatic rings. The fourth-order valence-electron chi connectivity index (χ4n) is 2.02. The van der Waals surface area contributed by atoms with Crippen molar-refractivity contribution in [3.05, 3.63) is 34.9 Å². The quantitative estimate of drug-likeness (QED) is 0.802. The van der Waals surface area contributed by atoms with Crippen LogP contribution in [0.3, 0.4) is 0 Å². The minimum atomic E-state index is -0.413. The molecule has 0 unspecified atom stereocenters. The third-order valence-electron chi connectivity index (χ3n) is 3.10. The van der Waals surface area contributed by atoms with Crippen molar-refractivity contribution in [2.75, 3.05) is 18.2 Å². The van der Waals surface area contributed by atoms with Gasteiger partial charge >= 0.3 is 0 Å². The summed E-state index contributed by atoms with van der Waals surface area (Å²) in [5, 5.41) is 0. The van der Waals surface area contributed by atoms with E-state index in [2.05, 4.69) is 10.9 Å². The van der Waals surface area contributed by atoms with Gasteiger partial charge in [0.2, 0.25) is 5.91 Å². The Kier molecular flexibility index (Phi) is 4.85. The van der Waals surface area contributed by atoms with Crippen LogP contribution in [0.4, 0.5) is 0 Å². The van der Waals surface area contributed by atoms with Crippen molar-refractivity contribution in [3.63, 3.8) is 0 Å². The molecule has 0 bridgehead atoms. The maximum absolute atomic E-state index is 12.0. The minimum absolute atomic E-state index is 0.0427. The number of rotatable bonds is 3. The lowest BCUT2D eigenvalue weighted by molar-refractivity contribution is -0.132. The molecule has 7 heteroatoms. The number of carbonyl (C=O) groups excluding carboxylic acids is 3. The number of hydrogen-bond donors (Lipinski definition) is 2. The van der Waals surface area contributed by atoms with E-state index in [0.29, 0.717) is 17.2 Å². The minimum Gasteiger partial charge on any atom is -0.323 e. The van der Waals surface area contributed by atoms with Crippen molar-refractivity contribution < 1.29 is 14.4 Å². The van der Waals surface area contributed by atoms with Gasteiger partial charge in [0.05, 0.1) is 11.6 Å². The molecule has 1 aliphatic heterocycles. The van der Waals surface area contributed by atoms with E-state index in [4.69, 9.17) is 0 Å². The zero-order valence-corrected chi connectivity index (χ0v) is 12.8. The first-order chi connectivity index (χ1) is 9.97. The Morgan fingerprint density at radius 1 is 1.29 bits per heavy atom. The molecule has 1 heterocycles. The van der Waals surface area contributed by atoms with Crippen molar-refractivity contribution >= 4 is 29.5 Å². The molecule has 0 radical (unpaired) electrons. The van der Waals surface area contributed by atoms with Crippen LogP contribution in [0.5, 0.6) is 0 Å². The Morgan fingerprint density at radius 3 is 2.67 bits per heavy atom. The van der Waals surface area contributed by atoms with Gasteiger partial charge in [0.1, 0.15) is 6.54 Å². The Balaban J connectivity index is 1.86. The third-order valence-corrected chi connectivity index (χ3v) is 4.05. The predicted molar refractivity (Wildman–Crippen MR) is 80.6 cm³/mol. The summed E-state index contributed by atoms with van der Waals surface area (Å²) >= 11 is 1.47. The summed E-state index contributed by atoms with van der Waals surface area (Å²) < 4.78 is 0. The van der Waals surface area contributed by atoms with Crippen molar-refractivity contribution in [1.82, 2.24) is 15.8 Å². The van der Waals surface area contributed by atoms with Crippen LogP contribution < -0.4 is 10.9 Å². The van der Waals surface area contributed by atoms with Crippen LogP contribution in [-0.2, 0) is 9.59 Å². The molecule has 1 aliphatic rings. The maximum Gasteiger partial charge on any atom is 0.269 e. The number of nitrogens with one attached hydrogen (secondary N) is 2. The summed E-state index contributed by atoms with van der Waals surface area (Å²) in [6, 6.07) is 5.45. The number of aryl methyl sites for hydroxylation is 2. The molecule has 2 N–H and O–H groups in total. The van der Waals surface area contributed by atoms with Crippen LogP contribution in [0.1, 0.15) is 21.5 Å². The van der Waals surface area contributed by atoms with Gasteiger partial charge in [0.25, 0.3) is 11.8 Å². The fraction of sp³-hybridized carbons (Fsp3) is 0.357. The van der Waals surface area contributed by atoms with Crippen LogP contribution in [0.2, 0.25) is 0 Å². The number of thioether (sulfide) groups is 1. The standard InChI is InChI=1S/C14H17N3O3S/c1-9-3-4-11(10(2)5-9)14(20)16-15-12(18)6-17-8-21-7-13(17)19/h3-5H,6-8H2,1-2H3,(H,15,18)(H,16,20). The molecule has 0 atom stereocenters. The Morgan fingerprint density at radius 2 is 2.05 bits per heavy atom. The highest BCUT2D eigenvalue weighted by Gasteiger charge is 2.23. The number of benzene rings is 1. The zero-order chi connectivity index (χ0) is 15.4. The Hall–Kier alpha value is -2.02.